The lowest BCUT2D eigenvalue weighted by molar-refractivity contribution is -0.137. The number of alkyl halides is 3. The molecule has 0 atom stereocenters. The zero-order chi connectivity index (χ0) is 15.4. The lowest BCUT2D eigenvalue weighted by Gasteiger charge is -2.11. The van der Waals surface area contributed by atoms with Gasteiger partial charge in [0.1, 0.15) is 0 Å². The van der Waals surface area contributed by atoms with Crippen LogP contribution in [0.2, 0.25) is 0 Å². The van der Waals surface area contributed by atoms with Crippen LogP contribution in [0.5, 0.6) is 0 Å². The van der Waals surface area contributed by atoms with Crippen molar-refractivity contribution >= 4 is 33.2 Å². The van der Waals surface area contributed by atoms with E-state index >= 15 is 0 Å². The Balaban J connectivity index is 3.12. The van der Waals surface area contributed by atoms with Crippen molar-refractivity contribution in [1.29, 1.82) is 0 Å². The van der Waals surface area contributed by atoms with Gasteiger partial charge in [-0.05, 0) is 18.4 Å². The molecule has 0 aromatic carbocycles. The molecule has 112 valence electrons. The first-order chi connectivity index (χ1) is 9.17. The van der Waals surface area contributed by atoms with Crippen molar-refractivity contribution in [2.45, 2.75) is 12.4 Å². The van der Waals surface area contributed by atoms with Crippen LogP contribution >= 0.6 is 11.3 Å². The van der Waals surface area contributed by atoms with Crippen LogP contribution in [0, 0.1) is 0 Å². The van der Waals surface area contributed by atoms with Gasteiger partial charge in [-0.2, -0.15) is 21.6 Å². The van der Waals surface area contributed by atoms with Crippen LogP contribution in [0.4, 0.5) is 13.2 Å². The number of esters is 1. The van der Waals surface area contributed by atoms with Crippen LogP contribution < -0.4 is 0 Å². The Hall–Kier alpha value is -1.55. The second-order valence-electron chi connectivity index (χ2n) is 3.22. The molecule has 1 aromatic rings. The highest BCUT2D eigenvalue weighted by atomic mass is 32.2. The molecule has 1 heterocycles. The minimum atomic E-state index is -5.85. The summed E-state index contributed by atoms with van der Waals surface area (Å²) in [7, 11) is -5.85. The largest absolute Gasteiger partial charge is 0.534 e. The second kappa shape index (κ2) is 6.27. The fourth-order valence-electron chi connectivity index (χ4n) is 1.01. The third-order valence-corrected chi connectivity index (χ3v) is 3.63. The van der Waals surface area contributed by atoms with Crippen molar-refractivity contribution in [2.24, 2.45) is 0 Å². The molecule has 0 N–H and O–H groups in total. The van der Waals surface area contributed by atoms with E-state index in [2.05, 4.69) is 8.92 Å². The van der Waals surface area contributed by atoms with Crippen molar-refractivity contribution in [2.75, 3.05) is 6.61 Å². The molecule has 0 aliphatic rings. The number of ether oxygens (including phenoxy) is 1. The van der Waals surface area contributed by atoms with Gasteiger partial charge in [0.2, 0.25) is 0 Å². The van der Waals surface area contributed by atoms with E-state index in [1.165, 1.54) is 24.4 Å². The monoisotopic (exact) mass is 330 g/mol. The van der Waals surface area contributed by atoms with Gasteiger partial charge in [-0.15, -0.1) is 11.3 Å². The van der Waals surface area contributed by atoms with Crippen LogP contribution in [0.25, 0.3) is 5.76 Å². The highest BCUT2D eigenvalue weighted by Gasteiger charge is 2.49. The van der Waals surface area contributed by atoms with Crippen LogP contribution in [0.3, 0.4) is 0 Å². The maximum absolute atomic E-state index is 12.3. The molecule has 5 nitrogen and oxygen atoms in total. The second-order valence-corrected chi connectivity index (χ2v) is 5.71. The molecular weight excluding hydrogens is 321 g/mol. The normalized spacial score (nSPS) is 13.1. The van der Waals surface area contributed by atoms with Crippen LogP contribution in [0.1, 0.15) is 11.8 Å². The van der Waals surface area contributed by atoms with E-state index in [0.29, 0.717) is 6.08 Å². The van der Waals surface area contributed by atoms with Gasteiger partial charge in [0.15, 0.2) is 5.76 Å². The number of thiophene rings is 1. The Kier molecular flexibility index (Phi) is 5.17. The molecule has 0 radical (unpaired) electrons. The zero-order valence-corrected chi connectivity index (χ0v) is 11.6. The number of carbonyl (C=O) groups is 1. The predicted octanol–water partition coefficient (Wildman–Crippen LogP) is 2.52. The molecule has 0 aliphatic heterocycles. The van der Waals surface area contributed by atoms with E-state index in [4.69, 9.17) is 0 Å². The van der Waals surface area contributed by atoms with Gasteiger partial charge in [-0.25, -0.2) is 4.79 Å². The molecule has 1 aromatic heterocycles. The number of hydrogen-bond acceptors (Lipinski definition) is 6. The average molecular weight is 330 g/mol. The lowest BCUT2D eigenvalue weighted by Crippen LogP contribution is -2.25. The third-order valence-electron chi connectivity index (χ3n) is 1.78. The number of halogens is 3. The summed E-state index contributed by atoms with van der Waals surface area (Å²) in [6, 6.07) is 2.77. The Bertz CT molecular complexity index is 587. The van der Waals surface area contributed by atoms with E-state index in [0.717, 1.165) is 11.3 Å². The van der Waals surface area contributed by atoms with Crippen molar-refractivity contribution in [3.8, 4) is 0 Å². The SMILES string of the molecule is CCOC(=O)/C=C(/OS(=O)(=O)C(F)(F)F)c1cccs1. The summed E-state index contributed by atoms with van der Waals surface area (Å²) in [6.07, 6.45) is 0.554. The van der Waals surface area contributed by atoms with Crippen LogP contribution in [0.15, 0.2) is 23.6 Å². The van der Waals surface area contributed by atoms with Crippen molar-refractivity contribution in [3.05, 3.63) is 28.5 Å². The molecule has 0 bridgehead atoms. The lowest BCUT2D eigenvalue weighted by atomic mass is 10.3. The summed E-state index contributed by atoms with van der Waals surface area (Å²) in [5.74, 6) is -1.75. The summed E-state index contributed by atoms with van der Waals surface area (Å²) in [5.41, 5.74) is -5.59. The molecule has 0 fully saturated rings. The highest BCUT2D eigenvalue weighted by Crippen LogP contribution is 2.31. The first-order valence-corrected chi connectivity index (χ1v) is 7.39. The third kappa shape index (κ3) is 4.23. The van der Waals surface area contributed by atoms with E-state index in [1.807, 2.05) is 0 Å². The van der Waals surface area contributed by atoms with Crippen molar-refractivity contribution in [1.82, 2.24) is 0 Å². The maximum Gasteiger partial charge on any atom is 0.534 e. The smallest absolute Gasteiger partial charge is 0.463 e. The fraction of sp³-hybridized carbons (Fsp3) is 0.300. The molecule has 0 spiro atoms. The predicted molar refractivity (Wildman–Crippen MR) is 65.0 cm³/mol. The summed E-state index contributed by atoms with van der Waals surface area (Å²) in [4.78, 5) is 11.3. The molecule has 0 saturated carbocycles. The minimum absolute atomic E-state index is 0.0148. The number of carbonyl (C=O) groups excluding carboxylic acids is 1. The van der Waals surface area contributed by atoms with Crippen molar-refractivity contribution < 1.29 is 35.3 Å². The number of rotatable bonds is 5. The van der Waals surface area contributed by atoms with Gasteiger partial charge >= 0.3 is 21.6 Å². The van der Waals surface area contributed by atoms with E-state index in [1.54, 1.807) is 0 Å². The molecule has 0 amide bonds. The van der Waals surface area contributed by atoms with Gasteiger partial charge in [0, 0.05) is 0 Å². The van der Waals surface area contributed by atoms with Gasteiger partial charge in [0.25, 0.3) is 0 Å². The zero-order valence-electron chi connectivity index (χ0n) is 10.0. The molecule has 1 rings (SSSR count). The van der Waals surface area contributed by atoms with Crippen LogP contribution in [-0.2, 0) is 23.8 Å². The maximum atomic E-state index is 12.3. The van der Waals surface area contributed by atoms with Gasteiger partial charge in [0.05, 0.1) is 17.6 Å². The molecular formula is C10H9F3O5S2. The highest BCUT2D eigenvalue weighted by molar-refractivity contribution is 7.87. The molecule has 10 heteroatoms. The van der Waals surface area contributed by atoms with E-state index < -0.39 is 27.4 Å². The standard InChI is InChI=1S/C10H9F3O5S2/c1-2-17-9(14)6-7(8-4-3-5-19-8)18-20(15,16)10(11,12)13/h3-6H,2H2,1H3/b7-6+. The molecule has 0 saturated heterocycles. The van der Waals surface area contributed by atoms with E-state index in [9.17, 15) is 26.4 Å². The average Bonchev–Trinajstić information content (AvgIpc) is 2.79. The van der Waals surface area contributed by atoms with Gasteiger partial charge in [-0.1, -0.05) is 6.07 Å². The summed E-state index contributed by atoms with van der Waals surface area (Å²) >= 11 is 0.910. The topological polar surface area (TPSA) is 69.7 Å². The Labute approximate surface area is 116 Å². The molecule has 20 heavy (non-hydrogen) atoms. The molecule has 0 unspecified atom stereocenters. The molecule has 0 aliphatic carbocycles. The van der Waals surface area contributed by atoms with Gasteiger partial charge < -0.3 is 8.92 Å². The summed E-state index contributed by atoms with van der Waals surface area (Å²) in [5, 5.41) is 1.48. The first kappa shape index (κ1) is 16.5. The van der Waals surface area contributed by atoms with Crippen LogP contribution in [-0.4, -0.2) is 26.5 Å². The Morgan fingerprint density at radius 1 is 1.45 bits per heavy atom. The number of hydrogen-bond donors (Lipinski definition) is 0. The van der Waals surface area contributed by atoms with E-state index in [-0.39, 0.29) is 11.5 Å². The van der Waals surface area contributed by atoms with Crippen molar-refractivity contribution in [3.63, 3.8) is 0 Å². The van der Waals surface area contributed by atoms with Gasteiger partial charge in [-0.3, -0.25) is 0 Å². The Morgan fingerprint density at radius 3 is 2.55 bits per heavy atom. The summed E-state index contributed by atoms with van der Waals surface area (Å²) < 4.78 is 67.2. The quantitative estimate of drug-likeness (QED) is 0.273. The first-order valence-electron chi connectivity index (χ1n) is 5.10. The fourth-order valence-corrected chi connectivity index (χ4v) is 2.21. The minimum Gasteiger partial charge on any atom is -0.463 e. The summed E-state index contributed by atoms with van der Waals surface area (Å²) in [6.45, 7) is 1.48. The Morgan fingerprint density at radius 2 is 2.10 bits per heavy atom.